The van der Waals surface area contributed by atoms with E-state index >= 15 is 0 Å². The van der Waals surface area contributed by atoms with E-state index in [4.69, 9.17) is 14.2 Å². The number of hydrogen-bond donors (Lipinski definition) is 1. The minimum Gasteiger partial charge on any atom is -0.493 e. The van der Waals surface area contributed by atoms with Gasteiger partial charge in [-0.2, -0.15) is 0 Å². The van der Waals surface area contributed by atoms with Gasteiger partial charge >= 0.3 is 0 Å². The lowest BCUT2D eigenvalue weighted by Crippen LogP contribution is -2.46. The van der Waals surface area contributed by atoms with E-state index in [0.29, 0.717) is 17.2 Å². The molecule has 8 heteroatoms. The minimum absolute atomic E-state index is 0.126. The number of hydrogen-bond acceptors (Lipinski definition) is 6. The van der Waals surface area contributed by atoms with Crippen LogP contribution in [0.15, 0.2) is 30.3 Å². The van der Waals surface area contributed by atoms with Gasteiger partial charge in [0.1, 0.15) is 5.82 Å². The Morgan fingerprint density at radius 1 is 1.03 bits per heavy atom. The normalized spacial score (nSPS) is 15.2. The summed E-state index contributed by atoms with van der Waals surface area (Å²) >= 11 is 0. The largest absolute Gasteiger partial charge is 0.493 e. The topological polar surface area (TPSA) is 63.3 Å². The Balaban J connectivity index is 1.75. The zero-order valence-electron chi connectivity index (χ0n) is 20.1. The van der Waals surface area contributed by atoms with E-state index in [2.05, 4.69) is 22.0 Å². The van der Waals surface area contributed by atoms with E-state index in [1.165, 1.54) is 33.5 Å². The Morgan fingerprint density at radius 3 is 2.21 bits per heavy atom. The van der Waals surface area contributed by atoms with Crippen molar-refractivity contribution in [3.05, 3.63) is 47.3 Å². The van der Waals surface area contributed by atoms with Crippen LogP contribution in [0.25, 0.3) is 0 Å². The summed E-state index contributed by atoms with van der Waals surface area (Å²) in [5.41, 5.74) is 2.47. The van der Waals surface area contributed by atoms with Gasteiger partial charge in [-0.3, -0.25) is 4.79 Å². The fourth-order valence-electron chi connectivity index (χ4n) is 4.26. The second-order valence-electron chi connectivity index (χ2n) is 8.12. The van der Waals surface area contributed by atoms with E-state index in [9.17, 15) is 9.18 Å². The lowest BCUT2D eigenvalue weighted by molar-refractivity contribution is -0.121. The molecule has 1 unspecified atom stereocenters. The van der Waals surface area contributed by atoms with Gasteiger partial charge in [-0.15, -0.1) is 0 Å². The van der Waals surface area contributed by atoms with Crippen LogP contribution in [0.2, 0.25) is 0 Å². The monoisotopic (exact) mass is 459 g/mol. The number of carbonyl (C=O) groups excluding carboxylic acids is 1. The standard InChI is InChI=1S/C25H34FN3O4/c1-6-28-9-11-29(12-10-28)21-8-7-19(26)16-20(21)17(2)27-24(30)15-18-13-22(31-3)25(33-5)23(14-18)32-4/h7-8,13-14,16-17H,6,9-12,15H2,1-5H3,(H,27,30). The molecular weight excluding hydrogens is 425 g/mol. The number of rotatable bonds is 9. The highest BCUT2D eigenvalue weighted by Crippen LogP contribution is 2.38. The van der Waals surface area contributed by atoms with E-state index in [1.807, 2.05) is 13.0 Å². The molecule has 7 nitrogen and oxygen atoms in total. The molecule has 0 spiro atoms. The molecule has 3 rings (SSSR count). The van der Waals surface area contributed by atoms with Crippen molar-refractivity contribution in [2.24, 2.45) is 0 Å². The fourth-order valence-corrected chi connectivity index (χ4v) is 4.26. The van der Waals surface area contributed by atoms with Crippen LogP contribution in [-0.2, 0) is 11.2 Å². The molecule has 0 bridgehead atoms. The molecular formula is C25H34FN3O4. The van der Waals surface area contributed by atoms with Crippen molar-refractivity contribution in [3.63, 3.8) is 0 Å². The van der Waals surface area contributed by atoms with Crippen LogP contribution in [0, 0.1) is 5.82 Å². The summed E-state index contributed by atoms with van der Waals surface area (Å²) in [7, 11) is 4.61. The number of amides is 1. The van der Waals surface area contributed by atoms with Crippen LogP contribution in [0.4, 0.5) is 10.1 Å². The van der Waals surface area contributed by atoms with Gasteiger partial charge in [-0.05, 0) is 49.4 Å². The molecule has 0 radical (unpaired) electrons. The van der Waals surface area contributed by atoms with Gasteiger partial charge < -0.3 is 29.3 Å². The van der Waals surface area contributed by atoms with Gasteiger partial charge in [0, 0.05) is 37.4 Å². The smallest absolute Gasteiger partial charge is 0.224 e. The van der Waals surface area contributed by atoms with Crippen molar-refractivity contribution in [1.29, 1.82) is 0 Å². The van der Waals surface area contributed by atoms with Gasteiger partial charge in [0.25, 0.3) is 0 Å². The molecule has 180 valence electrons. The Labute approximate surface area is 195 Å². The molecule has 2 aromatic carbocycles. The number of ether oxygens (including phenoxy) is 3. The maximum Gasteiger partial charge on any atom is 0.224 e. The Kier molecular flexibility index (Phi) is 8.38. The fraction of sp³-hybridized carbons (Fsp3) is 0.480. The van der Waals surface area contributed by atoms with Crippen molar-refractivity contribution in [2.45, 2.75) is 26.3 Å². The molecule has 1 heterocycles. The first-order chi connectivity index (χ1) is 15.9. The minimum atomic E-state index is -0.352. The predicted molar refractivity (Wildman–Crippen MR) is 127 cm³/mol. The second-order valence-corrected chi connectivity index (χ2v) is 8.12. The summed E-state index contributed by atoms with van der Waals surface area (Å²) < 4.78 is 30.2. The highest BCUT2D eigenvalue weighted by molar-refractivity contribution is 5.80. The Morgan fingerprint density at radius 2 is 1.67 bits per heavy atom. The summed E-state index contributed by atoms with van der Waals surface area (Å²) in [5.74, 6) is 0.970. The molecule has 1 amide bonds. The highest BCUT2D eigenvalue weighted by atomic mass is 19.1. The highest BCUT2D eigenvalue weighted by Gasteiger charge is 2.22. The zero-order chi connectivity index (χ0) is 24.0. The number of methoxy groups -OCH3 is 3. The first-order valence-corrected chi connectivity index (χ1v) is 11.2. The van der Waals surface area contributed by atoms with Gasteiger partial charge in [0.2, 0.25) is 11.7 Å². The SMILES string of the molecule is CCN1CCN(c2ccc(F)cc2C(C)NC(=O)Cc2cc(OC)c(OC)c(OC)c2)CC1. The quantitative estimate of drug-likeness (QED) is 0.620. The van der Waals surface area contributed by atoms with Crippen LogP contribution in [0.3, 0.4) is 0 Å². The van der Waals surface area contributed by atoms with Crippen molar-refractivity contribution in [2.75, 3.05) is 59.0 Å². The van der Waals surface area contributed by atoms with E-state index < -0.39 is 0 Å². The number of benzene rings is 2. The average molecular weight is 460 g/mol. The number of anilines is 1. The molecule has 0 saturated carbocycles. The molecule has 1 fully saturated rings. The summed E-state index contributed by atoms with van der Waals surface area (Å²) in [6.45, 7) is 8.75. The number of carbonyl (C=O) groups is 1. The van der Waals surface area contributed by atoms with E-state index in [0.717, 1.165) is 49.5 Å². The number of halogens is 1. The molecule has 2 aromatic rings. The molecule has 1 aliphatic rings. The maximum atomic E-state index is 14.1. The number of likely N-dealkylation sites (N-methyl/N-ethyl adjacent to an activating group) is 1. The summed E-state index contributed by atoms with van der Waals surface area (Å²) in [6.07, 6.45) is 0.126. The second kappa shape index (κ2) is 11.2. The zero-order valence-corrected chi connectivity index (χ0v) is 20.1. The van der Waals surface area contributed by atoms with E-state index in [-0.39, 0.29) is 24.2 Å². The Hall–Kier alpha value is -3.00. The first-order valence-electron chi connectivity index (χ1n) is 11.2. The summed E-state index contributed by atoms with van der Waals surface area (Å²) in [6, 6.07) is 7.98. The van der Waals surface area contributed by atoms with Crippen LogP contribution in [-0.4, -0.2) is 64.9 Å². The van der Waals surface area contributed by atoms with Crippen LogP contribution in [0.5, 0.6) is 17.2 Å². The summed E-state index contributed by atoms with van der Waals surface area (Å²) in [4.78, 5) is 17.5. The van der Waals surface area contributed by atoms with Crippen molar-refractivity contribution in [3.8, 4) is 17.2 Å². The average Bonchev–Trinajstić information content (AvgIpc) is 2.83. The first kappa shape index (κ1) is 24.6. The maximum absolute atomic E-state index is 14.1. The van der Waals surface area contributed by atoms with Crippen LogP contribution in [0.1, 0.15) is 31.0 Å². The van der Waals surface area contributed by atoms with E-state index in [1.54, 1.807) is 12.1 Å². The van der Waals surface area contributed by atoms with Gasteiger partial charge in [-0.1, -0.05) is 6.92 Å². The van der Waals surface area contributed by atoms with Crippen molar-refractivity contribution < 1.29 is 23.4 Å². The molecule has 1 saturated heterocycles. The molecule has 0 aromatic heterocycles. The van der Waals surface area contributed by atoms with Crippen molar-refractivity contribution in [1.82, 2.24) is 10.2 Å². The van der Waals surface area contributed by atoms with Crippen LogP contribution < -0.4 is 24.4 Å². The van der Waals surface area contributed by atoms with Gasteiger partial charge in [-0.25, -0.2) is 4.39 Å². The number of nitrogens with zero attached hydrogens (tertiary/aromatic N) is 2. The molecule has 1 N–H and O–H groups in total. The third kappa shape index (κ3) is 5.87. The molecule has 33 heavy (non-hydrogen) atoms. The lowest BCUT2D eigenvalue weighted by Gasteiger charge is -2.37. The van der Waals surface area contributed by atoms with Crippen LogP contribution >= 0.6 is 0 Å². The molecule has 1 atom stereocenters. The number of piperazine rings is 1. The molecule has 1 aliphatic heterocycles. The van der Waals surface area contributed by atoms with Gasteiger partial charge in [0.15, 0.2) is 11.5 Å². The molecule has 0 aliphatic carbocycles. The third-order valence-electron chi connectivity index (χ3n) is 6.08. The van der Waals surface area contributed by atoms with Crippen molar-refractivity contribution >= 4 is 11.6 Å². The third-order valence-corrected chi connectivity index (χ3v) is 6.08. The summed E-state index contributed by atoms with van der Waals surface area (Å²) in [5, 5.41) is 3.02. The lowest BCUT2D eigenvalue weighted by atomic mass is 10.0. The Bertz CT molecular complexity index is 936. The number of nitrogens with one attached hydrogen (secondary N) is 1. The predicted octanol–water partition coefficient (Wildman–Crippen LogP) is 3.41. The van der Waals surface area contributed by atoms with Gasteiger partial charge in [0.05, 0.1) is 33.8 Å².